The number of fused-ring (bicyclic) bond motifs is 2. The molecule has 0 atom stereocenters. The van der Waals surface area contributed by atoms with Crippen molar-refractivity contribution in [1.29, 1.82) is 0 Å². The number of methoxy groups -OCH3 is 1. The van der Waals surface area contributed by atoms with Crippen LogP contribution in [0.3, 0.4) is 0 Å². The molecule has 5 heteroatoms. The van der Waals surface area contributed by atoms with E-state index in [9.17, 15) is 4.79 Å². The van der Waals surface area contributed by atoms with Crippen LogP contribution >= 0.6 is 11.6 Å². The maximum absolute atomic E-state index is 11.2. The van der Waals surface area contributed by atoms with Gasteiger partial charge in [0.1, 0.15) is 0 Å². The molecule has 3 aromatic rings. The van der Waals surface area contributed by atoms with E-state index in [1.54, 1.807) is 12.1 Å². The van der Waals surface area contributed by atoms with Gasteiger partial charge in [0, 0.05) is 16.8 Å². The smallest absolute Gasteiger partial charge is 0.336 e. The molecule has 0 radical (unpaired) electrons. The van der Waals surface area contributed by atoms with Gasteiger partial charge in [0.15, 0.2) is 11.2 Å². The van der Waals surface area contributed by atoms with E-state index in [0.717, 1.165) is 5.39 Å². The van der Waals surface area contributed by atoms with Crippen LogP contribution in [0, 0.1) is 0 Å². The summed E-state index contributed by atoms with van der Waals surface area (Å²) in [6.07, 6.45) is 1.51. The molecule has 86 valence electrons. The molecule has 0 N–H and O–H groups in total. The van der Waals surface area contributed by atoms with E-state index in [2.05, 4.69) is 0 Å². The molecule has 0 saturated carbocycles. The van der Waals surface area contributed by atoms with Crippen LogP contribution in [0.15, 0.2) is 38.1 Å². The van der Waals surface area contributed by atoms with Crippen LogP contribution in [0.1, 0.15) is 0 Å². The first-order valence-electron chi connectivity index (χ1n) is 4.89. The van der Waals surface area contributed by atoms with Crippen molar-refractivity contribution in [2.45, 2.75) is 0 Å². The molecule has 0 aliphatic rings. The van der Waals surface area contributed by atoms with Gasteiger partial charge >= 0.3 is 5.63 Å². The largest absolute Gasteiger partial charge is 0.490 e. The predicted octanol–water partition coefficient (Wildman–Crippen LogP) is 3.20. The molecule has 3 rings (SSSR count). The van der Waals surface area contributed by atoms with Gasteiger partial charge in [0.05, 0.1) is 18.4 Å². The standard InChI is InChI=1S/C12H7ClO4/c1-15-12-10-7(4-5-16-10)9(13)6-2-3-8(14)17-11(6)12/h2-5H,1H3. The molecule has 0 aliphatic carbocycles. The normalized spacial score (nSPS) is 11.2. The van der Waals surface area contributed by atoms with Crippen molar-refractivity contribution in [3.8, 4) is 5.75 Å². The average molecular weight is 251 g/mol. The lowest BCUT2D eigenvalue weighted by Crippen LogP contribution is -1.97. The Hall–Kier alpha value is -1.94. The fraction of sp³-hybridized carbons (Fsp3) is 0.0833. The van der Waals surface area contributed by atoms with E-state index in [0.29, 0.717) is 27.3 Å². The zero-order valence-corrected chi connectivity index (χ0v) is 9.58. The van der Waals surface area contributed by atoms with E-state index in [-0.39, 0.29) is 0 Å². The Morgan fingerprint density at radius 2 is 1.94 bits per heavy atom. The lowest BCUT2D eigenvalue weighted by Gasteiger charge is -2.06. The Balaban J connectivity index is 2.66. The summed E-state index contributed by atoms with van der Waals surface area (Å²) in [7, 11) is 1.48. The second-order valence-corrected chi connectivity index (χ2v) is 3.89. The van der Waals surface area contributed by atoms with Crippen LogP contribution in [-0.2, 0) is 0 Å². The van der Waals surface area contributed by atoms with Crippen molar-refractivity contribution >= 4 is 33.5 Å². The van der Waals surface area contributed by atoms with Gasteiger partial charge in [-0.15, -0.1) is 0 Å². The highest BCUT2D eigenvalue weighted by Gasteiger charge is 2.17. The molecule has 0 amide bonds. The Labute approximate surface area is 100 Å². The number of halogens is 1. The summed E-state index contributed by atoms with van der Waals surface area (Å²) in [5.74, 6) is 0.377. The highest BCUT2D eigenvalue weighted by Crippen LogP contribution is 2.40. The lowest BCUT2D eigenvalue weighted by atomic mass is 10.1. The van der Waals surface area contributed by atoms with Crippen molar-refractivity contribution < 1.29 is 13.6 Å². The summed E-state index contributed by atoms with van der Waals surface area (Å²) in [6, 6.07) is 4.67. The van der Waals surface area contributed by atoms with Gasteiger partial charge in [0.2, 0.25) is 5.75 Å². The molecule has 0 unspecified atom stereocenters. The molecule has 0 aliphatic heterocycles. The topological polar surface area (TPSA) is 52.6 Å². The Bertz CT molecular complexity index is 769. The summed E-state index contributed by atoms with van der Waals surface area (Å²) in [4.78, 5) is 11.2. The van der Waals surface area contributed by atoms with Crippen molar-refractivity contribution in [3.63, 3.8) is 0 Å². The van der Waals surface area contributed by atoms with E-state index < -0.39 is 5.63 Å². The maximum Gasteiger partial charge on any atom is 0.336 e. The summed E-state index contributed by atoms with van der Waals surface area (Å²) in [5, 5.41) is 1.83. The van der Waals surface area contributed by atoms with Gasteiger partial charge in [-0.1, -0.05) is 11.6 Å². The summed E-state index contributed by atoms with van der Waals surface area (Å²) < 4.78 is 15.6. The van der Waals surface area contributed by atoms with Gasteiger partial charge in [-0.05, 0) is 12.1 Å². The molecule has 0 spiro atoms. The van der Waals surface area contributed by atoms with Gasteiger partial charge in [0.25, 0.3) is 0 Å². The molecule has 2 heterocycles. The SMILES string of the molecule is COc1c2occc2c(Cl)c2ccc(=O)oc12. The third kappa shape index (κ3) is 1.34. The Kier molecular flexibility index (Phi) is 2.12. The number of ether oxygens (including phenoxy) is 1. The van der Waals surface area contributed by atoms with E-state index >= 15 is 0 Å². The monoisotopic (exact) mass is 250 g/mol. The average Bonchev–Trinajstić information content (AvgIpc) is 2.79. The molecule has 17 heavy (non-hydrogen) atoms. The molecular weight excluding hydrogens is 244 g/mol. The summed E-state index contributed by atoms with van der Waals surface area (Å²) >= 11 is 6.22. The van der Waals surface area contributed by atoms with Crippen LogP contribution in [0.4, 0.5) is 0 Å². The van der Waals surface area contributed by atoms with Crippen molar-refractivity contribution in [3.05, 3.63) is 39.9 Å². The number of furan rings is 1. The second kappa shape index (κ2) is 3.53. The Morgan fingerprint density at radius 3 is 2.71 bits per heavy atom. The summed E-state index contributed by atoms with van der Waals surface area (Å²) in [6.45, 7) is 0. The van der Waals surface area contributed by atoms with Crippen molar-refractivity contribution in [2.24, 2.45) is 0 Å². The van der Waals surface area contributed by atoms with Gasteiger partial charge in [-0.3, -0.25) is 0 Å². The first-order chi connectivity index (χ1) is 8.22. The zero-order valence-electron chi connectivity index (χ0n) is 8.82. The predicted molar refractivity (Wildman–Crippen MR) is 63.8 cm³/mol. The van der Waals surface area contributed by atoms with Crippen LogP contribution < -0.4 is 10.4 Å². The van der Waals surface area contributed by atoms with Crippen LogP contribution in [-0.4, -0.2) is 7.11 Å². The highest BCUT2D eigenvalue weighted by molar-refractivity contribution is 6.40. The number of hydrogen-bond acceptors (Lipinski definition) is 4. The second-order valence-electron chi connectivity index (χ2n) is 3.51. The molecule has 0 saturated heterocycles. The molecule has 2 aromatic heterocycles. The van der Waals surface area contributed by atoms with E-state index in [1.807, 2.05) is 0 Å². The molecule has 4 nitrogen and oxygen atoms in total. The number of rotatable bonds is 1. The molecular formula is C12H7ClO4. The lowest BCUT2D eigenvalue weighted by molar-refractivity contribution is 0.403. The van der Waals surface area contributed by atoms with Crippen molar-refractivity contribution in [2.75, 3.05) is 7.11 Å². The molecule has 0 fully saturated rings. The van der Waals surface area contributed by atoms with Gasteiger partial charge in [-0.25, -0.2) is 4.79 Å². The minimum atomic E-state index is -0.460. The number of hydrogen-bond donors (Lipinski definition) is 0. The van der Waals surface area contributed by atoms with Gasteiger partial charge in [-0.2, -0.15) is 0 Å². The number of benzene rings is 1. The fourth-order valence-corrected chi connectivity index (χ4v) is 2.15. The maximum atomic E-state index is 11.2. The summed E-state index contributed by atoms with van der Waals surface area (Å²) in [5.41, 5.74) is 0.310. The molecule has 0 bridgehead atoms. The van der Waals surface area contributed by atoms with E-state index in [4.69, 9.17) is 25.2 Å². The first kappa shape index (κ1) is 10.2. The fourth-order valence-electron chi connectivity index (χ4n) is 1.85. The van der Waals surface area contributed by atoms with E-state index in [1.165, 1.54) is 19.4 Å². The van der Waals surface area contributed by atoms with Crippen LogP contribution in [0.2, 0.25) is 5.02 Å². The third-order valence-electron chi connectivity index (χ3n) is 2.59. The zero-order chi connectivity index (χ0) is 12.0. The first-order valence-corrected chi connectivity index (χ1v) is 5.26. The minimum Gasteiger partial charge on any atom is -0.490 e. The van der Waals surface area contributed by atoms with Crippen LogP contribution in [0.5, 0.6) is 5.75 Å². The van der Waals surface area contributed by atoms with Gasteiger partial charge < -0.3 is 13.6 Å². The quantitative estimate of drug-likeness (QED) is 0.623. The minimum absolute atomic E-state index is 0.299. The highest BCUT2D eigenvalue weighted by atomic mass is 35.5. The van der Waals surface area contributed by atoms with Crippen LogP contribution in [0.25, 0.3) is 21.9 Å². The molecule has 1 aromatic carbocycles. The third-order valence-corrected chi connectivity index (χ3v) is 3.00. The van der Waals surface area contributed by atoms with Crippen molar-refractivity contribution in [1.82, 2.24) is 0 Å². The Morgan fingerprint density at radius 1 is 1.18 bits per heavy atom.